The van der Waals surface area contributed by atoms with Crippen molar-refractivity contribution in [2.45, 2.75) is 25.3 Å². The van der Waals surface area contributed by atoms with Crippen LogP contribution in [0.1, 0.15) is 27.3 Å². The number of nitrogens with zero attached hydrogens (tertiary/aromatic N) is 1. The van der Waals surface area contributed by atoms with Crippen molar-refractivity contribution in [2.75, 3.05) is 5.32 Å². The van der Waals surface area contributed by atoms with E-state index in [0.29, 0.717) is 10.7 Å². The Bertz CT molecular complexity index is 568. The van der Waals surface area contributed by atoms with Gasteiger partial charge in [0.15, 0.2) is 5.13 Å². The molecule has 1 amide bonds. The molecule has 4 nitrogen and oxygen atoms in total. The first-order valence-electron chi connectivity index (χ1n) is 5.80. The van der Waals surface area contributed by atoms with Crippen molar-refractivity contribution < 1.29 is 4.79 Å². The lowest BCUT2D eigenvalue weighted by Gasteiger charge is -2.15. The maximum atomic E-state index is 11.9. The number of aryl methyl sites for hydroxylation is 1. The molecule has 2 aromatic heterocycles. The molecule has 1 aliphatic carbocycles. The molecule has 2 heterocycles. The number of hydrogen-bond acceptors (Lipinski definition) is 5. The third-order valence-electron chi connectivity index (χ3n) is 2.98. The molecule has 7 heteroatoms. The quantitative estimate of drug-likeness (QED) is 0.895. The van der Waals surface area contributed by atoms with Gasteiger partial charge in [-0.2, -0.15) is 11.3 Å². The molecule has 3 rings (SSSR count). The van der Waals surface area contributed by atoms with Crippen LogP contribution in [0.15, 0.2) is 16.8 Å². The number of rotatable bonds is 2. The molecule has 0 radical (unpaired) electrons. The van der Waals surface area contributed by atoms with Gasteiger partial charge >= 0.3 is 0 Å². The number of amides is 1. The first-order chi connectivity index (χ1) is 8.72. The maximum Gasteiger partial charge on any atom is 0.258 e. The fraction of sp³-hybridized carbons (Fsp3) is 0.333. The molecule has 0 unspecified atom stereocenters. The van der Waals surface area contributed by atoms with Gasteiger partial charge in [-0.1, -0.05) is 0 Å². The van der Waals surface area contributed by atoms with Crippen molar-refractivity contribution in [1.29, 1.82) is 0 Å². The summed E-state index contributed by atoms with van der Waals surface area (Å²) in [4.78, 5) is 17.6. The Balaban J connectivity index is 0.00000133. The zero-order valence-corrected chi connectivity index (χ0v) is 12.5. The van der Waals surface area contributed by atoms with Crippen molar-refractivity contribution in [1.82, 2.24) is 4.98 Å². The molecule has 0 fully saturated rings. The minimum atomic E-state index is -0.0911. The van der Waals surface area contributed by atoms with Crippen molar-refractivity contribution in [3.8, 4) is 0 Å². The highest BCUT2D eigenvalue weighted by Crippen LogP contribution is 2.29. The molecule has 1 atom stereocenters. The van der Waals surface area contributed by atoms with Gasteiger partial charge in [0.2, 0.25) is 0 Å². The molecule has 102 valence electrons. The number of thiazole rings is 1. The van der Waals surface area contributed by atoms with Crippen molar-refractivity contribution in [3.05, 3.63) is 33.0 Å². The van der Waals surface area contributed by atoms with Gasteiger partial charge in [-0.25, -0.2) is 4.98 Å². The van der Waals surface area contributed by atoms with E-state index in [9.17, 15) is 4.79 Å². The van der Waals surface area contributed by atoms with Crippen LogP contribution >= 0.6 is 35.1 Å². The van der Waals surface area contributed by atoms with Crippen LogP contribution in [0.5, 0.6) is 0 Å². The average Bonchev–Trinajstić information content (AvgIpc) is 2.95. The summed E-state index contributed by atoms with van der Waals surface area (Å²) in [5, 5.41) is 7.26. The number of anilines is 1. The monoisotopic (exact) mass is 315 g/mol. The van der Waals surface area contributed by atoms with E-state index in [1.165, 1.54) is 16.2 Å². The minimum absolute atomic E-state index is 0. The van der Waals surface area contributed by atoms with E-state index in [1.807, 2.05) is 16.8 Å². The Morgan fingerprint density at radius 3 is 3.11 bits per heavy atom. The molecule has 1 aliphatic rings. The Morgan fingerprint density at radius 1 is 1.53 bits per heavy atom. The molecular weight excluding hydrogens is 302 g/mol. The van der Waals surface area contributed by atoms with Crippen LogP contribution in [0.3, 0.4) is 0 Å². The van der Waals surface area contributed by atoms with Gasteiger partial charge in [-0.3, -0.25) is 10.1 Å². The number of nitrogens with one attached hydrogen (secondary N) is 1. The first-order valence-corrected chi connectivity index (χ1v) is 7.56. The van der Waals surface area contributed by atoms with Crippen LogP contribution in [0, 0.1) is 0 Å². The molecule has 0 bridgehead atoms. The Hall–Kier alpha value is -0.950. The molecule has 3 N–H and O–H groups in total. The predicted molar refractivity (Wildman–Crippen MR) is 81.6 cm³/mol. The number of halogens is 1. The number of thiophene rings is 1. The molecule has 0 aromatic carbocycles. The van der Waals surface area contributed by atoms with E-state index < -0.39 is 0 Å². The second-order valence-corrected chi connectivity index (χ2v) is 6.22. The fourth-order valence-electron chi connectivity index (χ4n) is 2.02. The summed E-state index contributed by atoms with van der Waals surface area (Å²) < 4.78 is 0. The molecule has 2 aromatic rings. The van der Waals surface area contributed by atoms with Crippen LogP contribution in [0.4, 0.5) is 5.13 Å². The highest BCUT2D eigenvalue weighted by molar-refractivity contribution is 7.16. The molecule has 19 heavy (non-hydrogen) atoms. The van der Waals surface area contributed by atoms with E-state index in [2.05, 4.69) is 10.3 Å². The normalized spacial score (nSPS) is 17.4. The molecule has 0 spiro atoms. The van der Waals surface area contributed by atoms with Crippen LogP contribution in [0.25, 0.3) is 0 Å². The standard InChI is InChI=1S/C12H13N3OS2.ClH/c13-8-1-2-9-10(5-8)18-12(14-9)15-11(16)7-3-4-17-6-7;/h3-4,6,8H,1-2,5,13H2,(H,14,15,16);1H/t8-;/m0./s1. The number of aromatic nitrogens is 1. The number of fused-ring (bicyclic) bond motifs is 1. The Labute approximate surface area is 125 Å². The van der Waals surface area contributed by atoms with Gasteiger partial charge in [-0.05, 0) is 30.7 Å². The van der Waals surface area contributed by atoms with E-state index in [1.54, 1.807) is 11.3 Å². The number of carbonyl (C=O) groups is 1. The fourth-order valence-corrected chi connectivity index (χ4v) is 3.75. The van der Waals surface area contributed by atoms with Crippen molar-refractivity contribution in [3.63, 3.8) is 0 Å². The number of hydrogen-bond donors (Lipinski definition) is 2. The summed E-state index contributed by atoms with van der Waals surface area (Å²) in [7, 11) is 0. The maximum absolute atomic E-state index is 11.9. The minimum Gasteiger partial charge on any atom is -0.327 e. The Morgan fingerprint density at radius 2 is 2.37 bits per heavy atom. The van der Waals surface area contributed by atoms with Gasteiger partial charge in [0, 0.05) is 16.3 Å². The highest BCUT2D eigenvalue weighted by atomic mass is 35.5. The second-order valence-electron chi connectivity index (χ2n) is 4.36. The lowest BCUT2D eigenvalue weighted by Crippen LogP contribution is -2.27. The van der Waals surface area contributed by atoms with E-state index in [4.69, 9.17) is 5.73 Å². The topological polar surface area (TPSA) is 68.0 Å². The second kappa shape index (κ2) is 6.00. The summed E-state index contributed by atoms with van der Waals surface area (Å²) in [6.45, 7) is 0. The smallest absolute Gasteiger partial charge is 0.258 e. The highest BCUT2D eigenvalue weighted by Gasteiger charge is 2.20. The van der Waals surface area contributed by atoms with Gasteiger partial charge in [0.05, 0.1) is 11.3 Å². The van der Waals surface area contributed by atoms with E-state index in [0.717, 1.165) is 25.0 Å². The van der Waals surface area contributed by atoms with Crippen molar-refractivity contribution in [2.24, 2.45) is 5.73 Å². The van der Waals surface area contributed by atoms with E-state index in [-0.39, 0.29) is 24.4 Å². The summed E-state index contributed by atoms with van der Waals surface area (Å²) in [5.74, 6) is -0.0911. The summed E-state index contributed by atoms with van der Waals surface area (Å²) in [5.41, 5.74) is 7.71. The largest absolute Gasteiger partial charge is 0.327 e. The molecule has 0 saturated heterocycles. The van der Waals surface area contributed by atoms with Gasteiger partial charge in [0.1, 0.15) is 0 Å². The molecule has 0 aliphatic heterocycles. The number of nitrogens with two attached hydrogens (primary N) is 1. The predicted octanol–water partition coefficient (Wildman–Crippen LogP) is 2.69. The third-order valence-corrected chi connectivity index (χ3v) is 4.70. The van der Waals surface area contributed by atoms with Gasteiger partial charge in [0.25, 0.3) is 5.91 Å². The van der Waals surface area contributed by atoms with Crippen LogP contribution in [0.2, 0.25) is 0 Å². The molecule has 0 saturated carbocycles. The average molecular weight is 316 g/mol. The first kappa shape index (κ1) is 14.5. The van der Waals surface area contributed by atoms with Crippen molar-refractivity contribution >= 4 is 46.1 Å². The summed E-state index contributed by atoms with van der Waals surface area (Å²) in [6, 6.07) is 2.04. The lowest BCUT2D eigenvalue weighted by atomic mass is 9.99. The summed E-state index contributed by atoms with van der Waals surface area (Å²) in [6.07, 6.45) is 2.78. The SMILES string of the molecule is Cl.N[C@H]1CCc2nc(NC(=O)c3ccsc3)sc2C1. The lowest BCUT2D eigenvalue weighted by molar-refractivity contribution is 0.102. The summed E-state index contributed by atoms with van der Waals surface area (Å²) >= 11 is 3.06. The van der Waals surface area contributed by atoms with Crippen LogP contribution in [-0.2, 0) is 12.8 Å². The van der Waals surface area contributed by atoms with Crippen LogP contribution in [-0.4, -0.2) is 16.9 Å². The number of carbonyl (C=O) groups excluding carboxylic acids is 1. The zero-order valence-electron chi connectivity index (χ0n) is 10.1. The third kappa shape index (κ3) is 3.14. The van der Waals surface area contributed by atoms with Gasteiger partial charge < -0.3 is 5.73 Å². The van der Waals surface area contributed by atoms with Gasteiger partial charge in [-0.15, -0.1) is 23.7 Å². The Kier molecular flexibility index (Phi) is 4.57. The van der Waals surface area contributed by atoms with E-state index >= 15 is 0 Å². The molecular formula is C12H14ClN3OS2. The zero-order chi connectivity index (χ0) is 12.5. The van der Waals surface area contributed by atoms with Crippen LogP contribution < -0.4 is 11.1 Å².